The van der Waals surface area contributed by atoms with E-state index in [1.54, 1.807) is 6.07 Å². The molecule has 2 rings (SSSR count). The van der Waals surface area contributed by atoms with Crippen molar-refractivity contribution in [2.24, 2.45) is 0 Å². The first-order valence-electron chi connectivity index (χ1n) is 7.01. The Kier molecular flexibility index (Phi) is 4.62. The molecule has 0 spiro atoms. The lowest BCUT2D eigenvalue weighted by molar-refractivity contribution is 0.0882. The lowest BCUT2D eigenvalue weighted by Gasteiger charge is -2.37. The maximum atomic E-state index is 12.2. The summed E-state index contributed by atoms with van der Waals surface area (Å²) in [5.41, 5.74) is 8.03. The Labute approximate surface area is 120 Å². The van der Waals surface area contributed by atoms with Crippen LogP contribution in [0.5, 0.6) is 0 Å². The van der Waals surface area contributed by atoms with E-state index in [0.717, 1.165) is 25.2 Å². The predicted octanol–water partition coefficient (Wildman–Crippen LogP) is 0.553. The van der Waals surface area contributed by atoms with Crippen LogP contribution in [-0.2, 0) is 0 Å². The number of nitrogens with two attached hydrogens (primary N) is 1. The lowest BCUT2D eigenvalue weighted by atomic mass is 10.1. The Bertz CT molecular complexity index is 489. The second-order valence-corrected chi connectivity index (χ2v) is 5.64. The number of aryl methyl sites for hydroxylation is 1. The van der Waals surface area contributed by atoms with Crippen LogP contribution in [0.2, 0.25) is 0 Å². The quantitative estimate of drug-likeness (QED) is 0.792. The summed E-state index contributed by atoms with van der Waals surface area (Å²) in [5.74, 6) is -0.0900. The highest BCUT2D eigenvalue weighted by Crippen LogP contribution is 2.16. The van der Waals surface area contributed by atoms with Gasteiger partial charge in [0.2, 0.25) is 0 Å². The van der Waals surface area contributed by atoms with Gasteiger partial charge in [-0.2, -0.15) is 0 Å². The van der Waals surface area contributed by atoms with E-state index in [0.29, 0.717) is 23.8 Å². The van der Waals surface area contributed by atoms with Crippen LogP contribution in [0.25, 0.3) is 0 Å². The van der Waals surface area contributed by atoms with Gasteiger partial charge in [0.05, 0.1) is 5.56 Å². The molecule has 3 N–H and O–H groups in total. The van der Waals surface area contributed by atoms with Gasteiger partial charge in [-0.3, -0.25) is 9.69 Å². The molecule has 5 heteroatoms. The van der Waals surface area contributed by atoms with Crippen molar-refractivity contribution in [3.8, 4) is 0 Å². The minimum atomic E-state index is -0.0900. The molecule has 5 nitrogen and oxygen atoms in total. The van der Waals surface area contributed by atoms with Crippen molar-refractivity contribution in [2.75, 3.05) is 46.0 Å². The van der Waals surface area contributed by atoms with Gasteiger partial charge in [0, 0.05) is 37.9 Å². The summed E-state index contributed by atoms with van der Waals surface area (Å²) in [6, 6.07) is 5.90. The number of nitrogen functional groups attached to an aromatic ring is 1. The summed E-state index contributed by atoms with van der Waals surface area (Å²) < 4.78 is 0. The monoisotopic (exact) mass is 276 g/mol. The maximum absolute atomic E-state index is 12.2. The molecular formula is C15H24N4O. The topological polar surface area (TPSA) is 61.6 Å². The molecule has 1 atom stereocenters. The molecule has 1 aromatic rings. The lowest BCUT2D eigenvalue weighted by Crippen LogP contribution is -2.54. The molecule has 1 unspecified atom stereocenters. The van der Waals surface area contributed by atoms with Gasteiger partial charge >= 0.3 is 0 Å². The van der Waals surface area contributed by atoms with Crippen LogP contribution in [-0.4, -0.2) is 62.0 Å². The second-order valence-electron chi connectivity index (χ2n) is 5.64. The van der Waals surface area contributed by atoms with Gasteiger partial charge in [-0.25, -0.2) is 0 Å². The molecule has 0 bridgehead atoms. The van der Waals surface area contributed by atoms with Gasteiger partial charge in [0.1, 0.15) is 0 Å². The van der Waals surface area contributed by atoms with Crippen molar-refractivity contribution in [1.82, 2.24) is 15.1 Å². The van der Waals surface area contributed by atoms with Crippen molar-refractivity contribution in [3.63, 3.8) is 0 Å². The number of nitrogens with one attached hydrogen (secondary N) is 1. The number of benzene rings is 1. The van der Waals surface area contributed by atoms with Crippen LogP contribution in [0.3, 0.4) is 0 Å². The number of para-hydroxylation sites is 1. The number of hydrogen-bond donors (Lipinski definition) is 2. The van der Waals surface area contributed by atoms with Crippen molar-refractivity contribution in [2.45, 2.75) is 13.0 Å². The van der Waals surface area contributed by atoms with Crippen molar-refractivity contribution in [1.29, 1.82) is 0 Å². The number of hydrogen-bond acceptors (Lipinski definition) is 4. The van der Waals surface area contributed by atoms with Gasteiger partial charge < -0.3 is 16.0 Å². The highest BCUT2D eigenvalue weighted by molar-refractivity contribution is 5.99. The zero-order valence-electron chi connectivity index (χ0n) is 12.5. The van der Waals surface area contributed by atoms with Crippen molar-refractivity contribution < 1.29 is 4.79 Å². The molecule has 110 valence electrons. The van der Waals surface area contributed by atoms with E-state index in [2.05, 4.69) is 29.2 Å². The molecule has 1 aliphatic heterocycles. The van der Waals surface area contributed by atoms with E-state index in [1.807, 2.05) is 19.1 Å². The van der Waals surface area contributed by atoms with Gasteiger partial charge in [-0.1, -0.05) is 12.1 Å². The SMILES string of the molecule is Cc1cccc(C(=O)NCC2CN(C)CCN2C)c1N. The molecule has 1 aromatic carbocycles. The fraction of sp³-hybridized carbons (Fsp3) is 0.533. The Balaban J connectivity index is 1.96. The summed E-state index contributed by atoms with van der Waals surface area (Å²) in [4.78, 5) is 16.8. The minimum Gasteiger partial charge on any atom is -0.398 e. The van der Waals surface area contributed by atoms with Gasteiger partial charge in [0.15, 0.2) is 0 Å². The minimum absolute atomic E-state index is 0.0900. The number of likely N-dealkylation sites (N-methyl/N-ethyl adjacent to an activating group) is 2. The zero-order valence-corrected chi connectivity index (χ0v) is 12.5. The van der Waals surface area contributed by atoms with E-state index >= 15 is 0 Å². The Morgan fingerprint density at radius 1 is 1.40 bits per heavy atom. The number of piperazine rings is 1. The van der Waals surface area contributed by atoms with Crippen molar-refractivity contribution >= 4 is 11.6 Å². The summed E-state index contributed by atoms with van der Waals surface area (Å²) in [7, 11) is 4.21. The number of anilines is 1. The molecule has 1 fully saturated rings. The van der Waals surface area contributed by atoms with Crippen LogP contribution in [0.15, 0.2) is 18.2 Å². The standard InChI is InChI=1S/C15H24N4O/c1-11-5-4-6-13(14(11)16)15(20)17-9-12-10-18(2)7-8-19(12)3/h4-6,12H,7-10,16H2,1-3H3,(H,17,20). The summed E-state index contributed by atoms with van der Waals surface area (Å²) >= 11 is 0. The van der Waals surface area contributed by atoms with E-state index in [4.69, 9.17) is 5.73 Å². The highest BCUT2D eigenvalue weighted by Gasteiger charge is 2.22. The highest BCUT2D eigenvalue weighted by atomic mass is 16.1. The van der Waals surface area contributed by atoms with E-state index < -0.39 is 0 Å². The van der Waals surface area contributed by atoms with E-state index in [9.17, 15) is 4.79 Å². The molecule has 1 heterocycles. The maximum Gasteiger partial charge on any atom is 0.253 e. The summed E-state index contributed by atoms with van der Waals surface area (Å²) in [5, 5.41) is 3.00. The molecule has 0 aliphatic carbocycles. The first kappa shape index (κ1) is 14.8. The fourth-order valence-corrected chi connectivity index (χ4v) is 2.51. The number of carbonyl (C=O) groups excluding carboxylic acids is 1. The van der Waals surface area contributed by atoms with Crippen LogP contribution >= 0.6 is 0 Å². The summed E-state index contributed by atoms with van der Waals surface area (Å²) in [6.07, 6.45) is 0. The number of rotatable bonds is 3. The van der Waals surface area contributed by atoms with Crippen LogP contribution in [0.4, 0.5) is 5.69 Å². The van der Waals surface area contributed by atoms with Crippen LogP contribution in [0, 0.1) is 6.92 Å². The van der Waals surface area contributed by atoms with Gasteiger partial charge in [-0.15, -0.1) is 0 Å². The third-order valence-electron chi connectivity index (χ3n) is 4.05. The average molecular weight is 276 g/mol. The van der Waals surface area contributed by atoms with Crippen LogP contribution < -0.4 is 11.1 Å². The Morgan fingerprint density at radius 2 is 2.15 bits per heavy atom. The van der Waals surface area contributed by atoms with Crippen LogP contribution in [0.1, 0.15) is 15.9 Å². The number of amides is 1. The largest absolute Gasteiger partial charge is 0.398 e. The average Bonchev–Trinajstić information content (AvgIpc) is 2.42. The smallest absolute Gasteiger partial charge is 0.253 e. The first-order valence-corrected chi connectivity index (χ1v) is 7.01. The predicted molar refractivity (Wildman–Crippen MR) is 81.8 cm³/mol. The zero-order chi connectivity index (χ0) is 14.7. The van der Waals surface area contributed by atoms with E-state index in [-0.39, 0.29) is 5.91 Å². The summed E-state index contributed by atoms with van der Waals surface area (Å²) in [6.45, 7) is 5.64. The third-order valence-corrected chi connectivity index (χ3v) is 4.05. The Hall–Kier alpha value is -1.59. The molecule has 1 saturated heterocycles. The van der Waals surface area contributed by atoms with E-state index in [1.165, 1.54) is 0 Å². The molecule has 0 radical (unpaired) electrons. The van der Waals surface area contributed by atoms with Gasteiger partial charge in [0.25, 0.3) is 5.91 Å². The fourth-order valence-electron chi connectivity index (χ4n) is 2.51. The third kappa shape index (κ3) is 3.29. The van der Waals surface area contributed by atoms with Crippen molar-refractivity contribution in [3.05, 3.63) is 29.3 Å². The second kappa shape index (κ2) is 6.24. The molecule has 1 aliphatic rings. The first-order chi connectivity index (χ1) is 9.49. The molecule has 0 saturated carbocycles. The number of carbonyl (C=O) groups is 1. The number of nitrogens with zero attached hydrogens (tertiary/aromatic N) is 2. The normalized spacial score (nSPS) is 20.9. The van der Waals surface area contributed by atoms with Gasteiger partial charge in [-0.05, 0) is 32.6 Å². The molecular weight excluding hydrogens is 252 g/mol. The molecule has 1 amide bonds. The molecule has 20 heavy (non-hydrogen) atoms. The molecule has 0 aromatic heterocycles. The Morgan fingerprint density at radius 3 is 2.90 bits per heavy atom.